The Labute approximate surface area is 176 Å². The lowest BCUT2D eigenvalue weighted by Gasteiger charge is -2.22. The van der Waals surface area contributed by atoms with Crippen LogP contribution in [0.25, 0.3) is 11.1 Å². The predicted molar refractivity (Wildman–Crippen MR) is 115 cm³/mol. The van der Waals surface area contributed by atoms with Crippen LogP contribution in [0.15, 0.2) is 42.5 Å². The highest BCUT2D eigenvalue weighted by molar-refractivity contribution is 7.90. The molecule has 0 bridgehead atoms. The zero-order chi connectivity index (χ0) is 22.5. The zero-order valence-corrected chi connectivity index (χ0v) is 18.4. The Morgan fingerprint density at radius 3 is 2.23 bits per heavy atom. The van der Waals surface area contributed by atoms with Gasteiger partial charge < -0.3 is 5.32 Å². The van der Waals surface area contributed by atoms with Crippen molar-refractivity contribution in [3.8, 4) is 11.1 Å². The Morgan fingerprint density at radius 1 is 1.10 bits per heavy atom. The van der Waals surface area contributed by atoms with Crippen molar-refractivity contribution in [2.24, 2.45) is 0 Å². The van der Waals surface area contributed by atoms with E-state index in [1.54, 1.807) is 36.4 Å². The summed E-state index contributed by atoms with van der Waals surface area (Å²) in [6.07, 6.45) is 0.386. The Bertz CT molecular complexity index is 988. The third-order valence-electron chi connectivity index (χ3n) is 4.87. The van der Waals surface area contributed by atoms with E-state index in [-0.39, 0.29) is 18.3 Å². The van der Waals surface area contributed by atoms with Crippen molar-refractivity contribution in [1.82, 2.24) is 10.0 Å². The number of alkyl halides is 1. The Balaban J connectivity index is 2.11. The van der Waals surface area contributed by atoms with Crippen LogP contribution in [0, 0.1) is 5.82 Å². The maximum atomic E-state index is 15.0. The van der Waals surface area contributed by atoms with Crippen LogP contribution in [-0.2, 0) is 26.9 Å². The number of halogens is 2. The average molecular weight is 439 g/mol. The summed E-state index contributed by atoms with van der Waals surface area (Å²) in [4.78, 5) is 10.9. The molecule has 0 aliphatic carbocycles. The van der Waals surface area contributed by atoms with E-state index in [9.17, 15) is 17.6 Å². The van der Waals surface area contributed by atoms with Crippen molar-refractivity contribution in [2.45, 2.75) is 45.0 Å². The Morgan fingerprint density at radius 2 is 1.70 bits per heavy atom. The number of carbonyl (C=O) groups excluding carboxylic acids is 1. The highest BCUT2D eigenvalue weighted by Crippen LogP contribution is 2.29. The molecule has 0 heterocycles. The summed E-state index contributed by atoms with van der Waals surface area (Å²) >= 11 is 0. The van der Waals surface area contributed by atoms with E-state index in [0.717, 1.165) is 0 Å². The second-order valence-corrected chi connectivity index (χ2v) is 10.1. The number of hydrogen-bond acceptors (Lipinski definition) is 3. The van der Waals surface area contributed by atoms with Crippen LogP contribution >= 0.6 is 0 Å². The molecule has 0 aliphatic rings. The van der Waals surface area contributed by atoms with E-state index < -0.39 is 20.9 Å². The van der Waals surface area contributed by atoms with Crippen molar-refractivity contribution in [3.05, 3.63) is 59.4 Å². The molecule has 0 saturated carbocycles. The van der Waals surface area contributed by atoms with Gasteiger partial charge in [0, 0.05) is 20.0 Å². The molecule has 0 spiro atoms. The lowest BCUT2D eigenvalue weighted by molar-refractivity contribution is -0.118. The minimum Gasteiger partial charge on any atom is -0.356 e. The highest BCUT2D eigenvalue weighted by Gasteiger charge is 2.29. The predicted octanol–water partition coefficient (Wildman–Crippen LogP) is 3.68. The van der Waals surface area contributed by atoms with Crippen molar-refractivity contribution in [3.63, 3.8) is 0 Å². The average Bonchev–Trinajstić information content (AvgIpc) is 2.67. The highest BCUT2D eigenvalue weighted by atomic mass is 32.2. The van der Waals surface area contributed by atoms with Crippen molar-refractivity contribution < 1.29 is 22.0 Å². The first-order valence-corrected chi connectivity index (χ1v) is 11.3. The summed E-state index contributed by atoms with van der Waals surface area (Å²) in [7, 11) is -3.57. The second kappa shape index (κ2) is 9.66. The molecule has 0 aromatic heterocycles. The number of sulfonamides is 1. The van der Waals surface area contributed by atoms with Crippen LogP contribution in [0.2, 0.25) is 0 Å². The molecular weight excluding hydrogens is 410 g/mol. The van der Waals surface area contributed by atoms with Gasteiger partial charge in [0.1, 0.15) is 11.5 Å². The van der Waals surface area contributed by atoms with Crippen LogP contribution in [0.1, 0.15) is 38.8 Å². The van der Waals surface area contributed by atoms with Gasteiger partial charge in [0.05, 0.1) is 5.25 Å². The van der Waals surface area contributed by atoms with Crippen LogP contribution in [0.4, 0.5) is 8.78 Å². The summed E-state index contributed by atoms with van der Waals surface area (Å²) in [6.45, 7) is 5.76. The molecule has 164 valence electrons. The molecule has 8 heteroatoms. The molecule has 2 aromatic rings. The number of rotatable bonds is 9. The zero-order valence-electron chi connectivity index (χ0n) is 17.6. The van der Waals surface area contributed by atoms with Crippen LogP contribution in [-0.4, -0.2) is 32.7 Å². The first-order chi connectivity index (χ1) is 13.9. The third-order valence-corrected chi connectivity index (χ3v) is 6.66. The second-order valence-electron chi connectivity index (χ2n) is 7.73. The van der Waals surface area contributed by atoms with Gasteiger partial charge in [-0.3, -0.25) is 4.79 Å². The first-order valence-electron chi connectivity index (χ1n) is 9.73. The largest absolute Gasteiger partial charge is 0.356 e. The van der Waals surface area contributed by atoms with E-state index in [1.807, 2.05) is 0 Å². The molecule has 2 rings (SSSR count). The van der Waals surface area contributed by atoms with Gasteiger partial charge in [-0.15, -0.1) is 0 Å². The van der Waals surface area contributed by atoms with Crippen LogP contribution in [0.5, 0.6) is 0 Å². The molecule has 1 amide bonds. The van der Waals surface area contributed by atoms with E-state index >= 15 is 4.39 Å². The molecule has 1 atom stereocenters. The molecule has 0 saturated heterocycles. The van der Waals surface area contributed by atoms with E-state index in [0.29, 0.717) is 35.2 Å². The Kier molecular flexibility index (Phi) is 7.71. The van der Waals surface area contributed by atoms with Crippen LogP contribution < -0.4 is 10.0 Å². The van der Waals surface area contributed by atoms with Crippen molar-refractivity contribution >= 4 is 15.9 Å². The van der Waals surface area contributed by atoms with Gasteiger partial charge in [-0.25, -0.2) is 21.9 Å². The molecule has 5 nitrogen and oxygen atoms in total. The summed E-state index contributed by atoms with van der Waals surface area (Å²) in [6, 6.07) is 11.3. The smallest absolute Gasteiger partial charge is 0.216 e. The van der Waals surface area contributed by atoms with Crippen molar-refractivity contribution in [1.29, 1.82) is 0 Å². The third kappa shape index (κ3) is 6.34. The van der Waals surface area contributed by atoms with E-state index in [1.165, 1.54) is 33.8 Å². The van der Waals surface area contributed by atoms with Gasteiger partial charge >= 0.3 is 0 Å². The summed E-state index contributed by atoms with van der Waals surface area (Å²) in [5, 5.41) is 1.98. The molecule has 0 fully saturated rings. The lowest BCUT2D eigenvalue weighted by Crippen LogP contribution is -2.39. The van der Waals surface area contributed by atoms with E-state index in [4.69, 9.17) is 0 Å². The minimum atomic E-state index is -3.57. The summed E-state index contributed by atoms with van der Waals surface area (Å²) < 4.78 is 55.4. The minimum absolute atomic E-state index is 0.163. The number of nitrogens with one attached hydrogen (secondary N) is 2. The van der Waals surface area contributed by atoms with Gasteiger partial charge in [-0.1, -0.05) is 36.4 Å². The fraction of sp³-hybridized carbons (Fsp3) is 0.409. The van der Waals surface area contributed by atoms with Gasteiger partial charge in [0.2, 0.25) is 15.9 Å². The van der Waals surface area contributed by atoms with Crippen LogP contribution in [0.3, 0.4) is 0 Å². The molecule has 0 radical (unpaired) electrons. The SMILES string of the molecule is CC(=O)NCCc1ccc(-c2ccc(C(C)(F)CNS(=O)(=O)C(C)C)cc2)cc1F. The monoisotopic (exact) mass is 438 g/mol. The number of amides is 1. The molecule has 2 aromatic carbocycles. The molecule has 30 heavy (non-hydrogen) atoms. The first kappa shape index (κ1) is 24.0. The fourth-order valence-electron chi connectivity index (χ4n) is 2.82. The molecule has 2 N–H and O–H groups in total. The topological polar surface area (TPSA) is 75.3 Å². The lowest BCUT2D eigenvalue weighted by atomic mass is 9.95. The number of benzene rings is 2. The van der Waals surface area contributed by atoms with Gasteiger partial charge in [-0.05, 0) is 55.5 Å². The van der Waals surface area contributed by atoms with Crippen molar-refractivity contribution in [2.75, 3.05) is 13.1 Å². The number of carbonyl (C=O) groups is 1. The quantitative estimate of drug-likeness (QED) is 0.627. The Hall–Kier alpha value is -2.32. The fourth-order valence-corrected chi connectivity index (χ4v) is 3.62. The maximum absolute atomic E-state index is 15.0. The standard InChI is InChI=1S/C22H28F2N2O3S/c1-15(2)30(28,29)26-14-22(4,24)20-9-7-17(8-10-20)19-6-5-18(21(23)13-19)11-12-25-16(3)27/h5-10,13,15,26H,11-12,14H2,1-4H3,(H,25,27). The molecule has 1 unspecified atom stereocenters. The maximum Gasteiger partial charge on any atom is 0.216 e. The van der Waals surface area contributed by atoms with Gasteiger partial charge in [0.15, 0.2) is 0 Å². The molecular formula is C22H28F2N2O3S. The van der Waals surface area contributed by atoms with Gasteiger partial charge in [0.25, 0.3) is 0 Å². The summed E-state index contributed by atoms with van der Waals surface area (Å²) in [5.41, 5.74) is 0.287. The summed E-state index contributed by atoms with van der Waals surface area (Å²) in [5.74, 6) is -0.538. The molecule has 0 aliphatic heterocycles. The van der Waals surface area contributed by atoms with E-state index in [2.05, 4.69) is 10.0 Å². The number of hydrogen-bond donors (Lipinski definition) is 2. The van der Waals surface area contributed by atoms with Gasteiger partial charge in [-0.2, -0.15) is 0 Å². The normalized spacial score (nSPS) is 13.8.